The van der Waals surface area contributed by atoms with Crippen LogP contribution in [0.2, 0.25) is 0 Å². The highest BCUT2D eigenvalue weighted by Gasteiger charge is 2.45. The van der Waals surface area contributed by atoms with Gasteiger partial charge in [-0.25, -0.2) is 28.7 Å². The number of thioether (sulfide) groups is 1. The summed E-state index contributed by atoms with van der Waals surface area (Å²) in [7, 11) is 0. The van der Waals surface area contributed by atoms with Gasteiger partial charge >= 0.3 is 0 Å². The number of nitrogens with zero attached hydrogens (tertiary/aromatic N) is 8. The summed E-state index contributed by atoms with van der Waals surface area (Å²) in [4.78, 5) is 86.7. The Kier molecular flexibility index (Phi) is 12.9. The van der Waals surface area contributed by atoms with Crippen molar-refractivity contribution in [3.63, 3.8) is 0 Å². The number of halogens is 2. The summed E-state index contributed by atoms with van der Waals surface area (Å²) in [5.41, 5.74) is 2.61. The van der Waals surface area contributed by atoms with Crippen LogP contribution < -0.4 is 10.6 Å². The number of unbranched alkanes of at least 4 members (excludes halogenated alkanes) is 3. The number of pyridine rings is 1. The van der Waals surface area contributed by atoms with Crippen LogP contribution in [-0.2, 0) is 20.9 Å². The molecule has 2 fully saturated rings. The maximum atomic E-state index is 15.1. The van der Waals surface area contributed by atoms with Crippen molar-refractivity contribution in [2.75, 3.05) is 37.2 Å². The molecule has 15 nitrogen and oxygen atoms in total. The molecule has 3 aliphatic heterocycles. The lowest BCUT2D eigenvalue weighted by Crippen LogP contribution is -2.54. The molecule has 5 aromatic rings. The van der Waals surface area contributed by atoms with Crippen LogP contribution in [0.1, 0.15) is 96.9 Å². The first-order chi connectivity index (χ1) is 30.4. The van der Waals surface area contributed by atoms with E-state index < -0.39 is 41.3 Å². The van der Waals surface area contributed by atoms with E-state index in [1.165, 1.54) is 17.8 Å². The number of anilines is 2. The Morgan fingerprint density at radius 2 is 1.71 bits per heavy atom. The van der Waals surface area contributed by atoms with E-state index in [-0.39, 0.29) is 53.1 Å². The van der Waals surface area contributed by atoms with Gasteiger partial charge in [-0.2, -0.15) is 0 Å². The van der Waals surface area contributed by atoms with Gasteiger partial charge in [-0.1, -0.05) is 25.0 Å². The number of nitrogens with one attached hydrogen (secondary N) is 2. The molecule has 0 bridgehead atoms. The molecule has 328 valence electrons. The van der Waals surface area contributed by atoms with Gasteiger partial charge in [0.25, 0.3) is 11.8 Å². The molecule has 2 N–H and O–H groups in total. The van der Waals surface area contributed by atoms with Crippen molar-refractivity contribution in [2.24, 2.45) is 0 Å². The first-order valence-electron chi connectivity index (χ1n) is 21.3. The quantitative estimate of drug-likeness (QED) is 0.0657. The summed E-state index contributed by atoms with van der Waals surface area (Å²) in [6.45, 7) is 9.19. The van der Waals surface area contributed by atoms with E-state index >= 15 is 8.78 Å². The van der Waals surface area contributed by atoms with Gasteiger partial charge in [0.05, 0.1) is 22.8 Å². The van der Waals surface area contributed by atoms with E-state index in [1.54, 1.807) is 30.5 Å². The van der Waals surface area contributed by atoms with E-state index in [9.17, 15) is 24.0 Å². The Bertz CT molecular complexity index is 2600. The van der Waals surface area contributed by atoms with E-state index in [4.69, 9.17) is 0 Å². The highest BCUT2D eigenvalue weighted by Crippen LogP contribution is 2.35. The van der Waals surface area contributed by atoms with E-state index in [2.05, 4.69) is 35.5 Å². The van der Waals surface area contributed by atoms with Crippen molar-refractivity contribution in [2.45, 2.75) is 89.2 Å². The number of piperazine rings is 1. The first-order valence-corrected chi connectivity index (χ1v) is 22.2. The fourth-order valence-electron chi connectivity index (χ4n) is 8.48. The molecule has 2 saturated heterocycles. The molecule has 0 spiro atoms. The van der Waals surface area contributed by atoms with Crippen molar-refractivity contribution in [3.8, 4) is 11.3 Å². The third-order valence-corrected chi connectivity index (χ3v) is 12.8. The van der Waals surface area contributed by atoms with Crippen LogP contribution in [-0.4, -0.2) is 107 Å². The summed E-state index contributed by atoms with van der Waals surface area (Å²) in [5, 5.41) is 5.25. The zero-order valence-corrected chi connectivity index (χ0v) is 36.1. The standard InChI is InChI=1S/C45H48F2N10O5S/c1-26(2)56-27(3)50-41-31(46)21-29(22-34(41)56)40-32(47)24-49-45(53-40)51-36-14-12-28(23-48-36)25-54-16-18-55(19-17-54)38(59)11-6-4-5-7-20-63-35-10-8-9-30-39(35)44(62)57(43(30)61)33-13-15-37(58)52-42(33)60/h8-10,12,14,21-24,26,33H,4-7,11,13,15-20,25H2,1-3H3,(H,52,58,60)(H,48,49,51,53). The fraction of sp³-hybridized carbons (Fsp3) is 0.400. The molecule has 5 amide bonds. The van der Waals surface area contributed by atoms with Gasteiger partial charge in [-0.15, -0.1) is 11.8 Å². The summed E-state index contributed by atoms with van der Waals surface area (Å²) < 4.78 is 32.1. The molecule has 3 aromatic heterocycles. The molecule has 0 radical (unpaired) electrons. The van der Waals surface area contributed by atoms with E-state index in [1.807, 2.05) is 42.4 Å². The third kappa shape index (κ3) is 9.32. The minimum absolute atomic E-state index is 0.0265. The van der Waals surface area contributed by atoms with Gasteiger partial charge < -0.3 is 14.8 Å². The predicted octanol–water partition coefficient (Wildman–Crippen LogP) is 6.59. The lowest BCUT2D eigenvalue weighted by Gasteiger charge is -2.34. The number of carbonyl (C=O) groups excluding carboxylic acids is 5. The van der Waals surface area contributed by atoms with Crippen LogP contribution in [0, 0.1) is 18.6 Å². The molecule has 2 aromatic carbocycles. The van der Waals surface area contributed by atoms with Gasteiger partial charge in [-0.3, -0.25) is 39.1 Å². The van der Waals surface area contributed by atoms with Gasteiger partial charge in [0.15, 0.2) is 11.6 Å². The summed E-state index contributed by atoms with van der Waals surface area (Å²) >= 11 is 1.50. The van der Waals surface area contributed by atoms with Crippen LogP contribution in [0.25, 0.3) is 22.3 Å². The van der Waals surface area contributed by atoms with E-state index in [0.717, 1.165) is 61.2 Å². The van der Waals surface area contributed by atoms with Crippen molar-refractivity contribution in [3.05, 3.63) is 89.0 Å². The van der Waals surface area contributed by atoms with Crippen molar-refractivity contribution < 1.29 is 32.8 Å². The molecule has 63 heavy (non-hydrogen) atoms. The molecule has 18 heteroatoms. The lowest BCUT2D eigenvalue weighted by atomic mass is 10.0. The minimum Gasteiger partial charge on any atom is -0.340 e. The number of imidazole rings is 1. The smallest absolute Gasteiger partial charge is 0.263 e. The average molecular weight is 879 g/mol. The zero-order chi connectivity index (χ0) is 44.4. The number of aryl methyl sites for hydroxylation is 1. The second-order valence-corrected chi connectivity index (χ2v) is 17.4. The summed E-state index contributed by atoms with van der Waals surface area (Å²) in [6.07, 6.45) is 6.96. The Morgan fingerprint density at radius 1 is 0.921 bits per heavy atom. The summed E-state index contributed by atoms with van der Waals surface area (Å²) in [5.74, 6) is -1.15. The SMILES string of the molecule is Cc1nc2c(F)cc(-c3nc(Nc4ccc(CN5CCN(C(=O)CCCCCCSc6cccc7c6C(=O)N(C6CCC(=O)NC6=O)C7=O)CC5)cn4)ncc3F)cc2n1C(C)C. The minimum atomic E-state index is -0.995. The van der Waals surface area contributed by atoms with Crippen LogP contribution in [0.15, 0.2) is 59.8 Å². The highest BCUT2D eigenvalue weighted by atomic mass is 32.2. The number of aromatic nitrogens is 5. The largest absolute Gasteiger partial charge is 0.340 e. The van der Waals surface area contributed by atoms with E-state index in [0.29, 0.717) is 53.7 Å². The Hall–Kier alpha value is -6.14. The Labute approximate surface area is 367 Å². The number of fused-ring (bicyclic) bond motifs is 2. The maximum absolute atomic E-state index is 15.1. The number of carbonyl (C=O) groups is 5. The highest BCUT2D eigenvalue weighted by molar-refractivity contribution is 7.99. The van der Waals surface area contributed by atoms with Crippen molar-refractivity contribution in [1.82, 2.24) is 44.5 Å². The van der Waals surface area contributed by atoms with Gasteiger partial charge in [-0.05, 0) is 81.7 Å². The van der Waals surface area contributed by atoms with Crippen LogP contribution in [0.3, 0.4) is 0 Å². The molecule has 8 rings (SSSR count). The van der Waals surface area contributed by atoms with Crippen molar-refractivity contribution in [1.29, 1.82) is 0 Å². The number of benzene rings is 2. The fourth-order valence-corrected chi connectivity index (χ4v) is 9.57. The first kappa shape index (κ1) is 43.5. The molecule has 1 atom stereocenters. The van der Waals surface area contributed by atoms with Gasteiger partial charge in [0.2, 0.25) is 23.7 Å². The molecular formula is C45H48F2N10O5S. The van der Waals surface area contributed by atoms with Crippen LogP contribution >= 0.6 is 11.8 Å². The number of hydrogen-bond donors (Lipinski definition) is 2. The molecule has 6 heterocycles. The summed E-state index contributed by atoms with van der Waals surface area (Å²) in [6, 6.07) is 10.9. The number of rotatable bonds is 15. The predicted molar refractivity (Wildman–Crippen MR) is 232 cm³/mol. The van der Waals surface area contributed by atoms with Crippen molar-refractivity contribution >= 4 is 64.1 Å². The number of hydrogen-bond acceptors (Lipinski definition) is 12. The monoisotopic (exact) mass is 878 g/mol. The van der Waals surface area contributed by atoms with Gasteiger partial charge in [0.1, 0.15) is 28.9 Å². The third-order valence-electron chi connectivity index (χ3n) is 11.6. The molecule has 1 unspecified atom stereocenters. The topological polar surface area (TPSA) is 176 Å². The number of amides is 5. The van der Waals surface area contributed by atoms with Crippen LogP contribution in [0.4, 0.5) is 20.5 Å². The second kappa shape index (κ2) is 18.7. The molecule has 3 aliphatic rings. The number of piperidine rings is 1. The zero-order valence-electron chi connectivity index (χ0n) is 35.3. The Morgan fingerprint density at radius 3 is 2.46 bits per heavy atom. The molecular weight excluding hydrogens is 831 g/mol. The number of imide groups is 2. The average Bonchev–Trinajstić information content (AvgIpc) is 3.74. The molecule has 0 aliphatic carbocycles. The molecule has 0 saturated carbocycles. The van der Waals surface area contributed by atoms with Crippen LogP contribution in [0.5, 0.6) is 0 Å². The normalized spacial score (nSPS) is 17.0. The maximum Gasteiger partial charge on any atom is 0.263 e. The van der Waals surface area contributed by atoms with Gasteiger partial charge in [0, 0.05) is 68.3 Å². The lowest BCUT2D eigenvalue weighted by molar-refractivity contribution is -0.136. The second-order valence-electron chi connectivity index (χ2n) is 16.3. The Balaban J connectivity index is 0.747.